The van der Waals surface area contributed by atoms with Crippen molar-refractivity contribution in [1.82, 2.24) is 46.9 Å². The first-order valence-electron chi connectivity index (χ1n) is 20.4. The van der Waals surface area contributed by atoms with Gasteiger partial charge in [0.05, 0.1) is 24.0 Å². The maximum absolute atomic E-state index is 12.8. The molecule has 367 valence electrons. The zero-order chi connectivity index (χ0) is 51.2. The number of hydrogen-bond acceptors (Lipinski definition) is 13. The van der Waals surface area contributed by atoms with Crippen LogP contribution in [0.3, 0.4) is 0 Å². The molecule has 0 saturated heterocycles. The minimum atomic E-state index is -4.79. The summed E-state index contributed by atoms with van der Waals surface area (Å²) in [6, 6.07) is 18.6. The topological polar surface area (TPSA) is 267 Å². The number of amides is 2. The predicted octanol–water partition coefficient (Wildman–Crippen LogP) is 5.18. The summed E-state index contributed by atoms with van der Waals surface area (Å²) in [6.45, 7) is 6.99. The summed E-state index contributed by atoms with van der Waals surface area (Å²) >= 11 is 7.14. The number of aromatic nitrogens is 10. The van der Waals surface area contributed by atoms with Gasteiger partial charge in [-0.25, -0.2) is 29.1 Å². The van der Waals surface area contributed by atoms with Crippen LogP contribution in [-0.4, -0.2) is 68.5 Å². The quantitative estimate of drug-likeness (QED) is 0.118. The van der Waals surface area contributed by atoms with E-state index in [1.165, 1.54) is 75.0 Å². The molecule has 28 heteroatoms. The fraction of sp³-hybridized carbons (Fsp3) is 0.268. The fourth-order valence-corrected chi connectivity index (χ4v) is 8.14. The normalized spacial score (nSPS) is 11.0. The number of benzene rings is 2. The molecule has 0 fully saturated rings. The molecular weight excluding hydrogens is 1220 g/mol. The van der Waals surface area contributed by atoms with Crippen LogP contribution in [-0.2, 0) is 76.2 Å². The number of aryl methyl sites for hydroxylation is 2. The molecule has 8 aromatic rings. The molecule has 0 aliphatic carbocycles. The number of halogens is 2. The van der Waals surface area contributed by atoms with Crippen molar-refractivity contribution in [2.75, 3.05) is 5.32 Å². The first kappa shape index (κ1) is 56.7. The van der Waals surface area contributed by atoms with Crippen molar-refractivity contribution in [2.45, 2.75) is 47.5 Å². The fourth-order valence-electron chi connectivity index (χ4n) is 6.22. The van der Waals surface area contributed by atoms with Gasteiger partial charge in [0, 0.05) is 44.5 Å². The zero-order valence-electron chi connectivity index (χ0n) is 38.3. The zero-order valence-corrected chi connectivity index (χ0v) is 46.5. The Morgan fingerprint density at radius 2 is 1.22 bits per heavy atom. The average molecular weight is 1270 g/mol. The molecule has 0 aliphatic heterocycles. The van der Waals surface area contributed by atoms with Crippen molar-refractivity contribution in [2.24, 2.45) is 33.2 Å². The van der Waals surface area contributed by atoms with Crippen LogP contribution in [0.5, 0.6) is 0 Å². The van der Waals surface area contributed by atoms with Crippen molar-refractivity contribution in [3.05, 3.63) is 131 Å². The van der Waals surface area contributed by atoms with Gasteiger partial charge in [0.1, 0.15) is 19.8 Å². The number of phosphoric acid groups is 1. The number of phosphoric ester groups is 1. The van der Waals surface area contributed by atoms with E-state index < -0.39 is 43.0 Å². The van der Waals surface area contributed by atoms with Gasteiger partial charge in [0.25, 0.3) is 17.0 Å². The van der Waals surface area contributed by atoms with Gasteiger partial charge in [-0.05, 0) is 5.56 Å². The number of imidazole rings is 2. The van der Waals surface area contributed by atoms with E-state index in [0.29, 0.717) is 20.3 Å². The van der Waals surface area contributed by atoms with E-state index in [1.54, 1.807) is 29.6 Å². The van der Waals surface area contributed by atoms with Gasteiger partial charge in [-0.1, -0.05) is 88.4 Å². The molecular formula is C41H47I2N12O10PS2V. The molecule has 69 heavy (non-hydrogen) atoms. The number of nitrogens with zero attached hydrogens (tertiary/aromatic N) is 11. The van der Waals surface area contributed by atoms with Gasteiger partial charge in [0.2, 0.25) is 5.91 Å². The standard InChI is InChI=1S/C19H19N6O7PS.C18H16N6O3S.2C2H6.2HI.V/c1-22-16-15(17(27)23(2)19(22)28)24(10-20-16)8-14(26)21-18-25(11-32-33(29,30)31)13(9-34-18)12-6-4-3-5-7-12;1-22-15-14(16(26)23(2)18(22)27)24(10-19-15)8-13(25)21-17-20-12(9-28-17)11-6-4-3-5-7-11;2*1-2;;;/h3-7,9-10H,8,11H2,1-2H3,(H2,29,30,31);3-7,9-10H,8H2,1-2H3,(H,20,21,25);2*1-2H3;2*1H;/q;;;;;;+2/p-2. The summed E-state index contributed by atoms with van der Waals surface area (Å²) in [7, 11) is 1.56. The molecule has 0 atom stereocenters. The summed E-state index contributed by atoms with van der Waals surface area (Å²) in [6.07, 6.45) is 2.65. The second-order valence-corrected chi connectivity index (χ2v) is 28.2. The minimum absolute atomic E-state index is 0.0713. The number of fused-ring (bicyclic) bond motifs is 2. The summed E-state index contributed by atoms with van der Waals surface area (Å²) in [5, 5.41) is 6.75. The third-order valence-corrected chi connectivity index (χ3v) is 11.4. The number of rotatable bonds is 10. The second-order valence-electron chi connectivity index (χ2n) is 13.5. The van der Waals surface area contributed by atoms with Crippen molar-refractivity contribution < 1.29 is 37.9 Å². The molecule has 2 aromatic carbocycles. The summed E-state index contributed by atoms with van der Waals surface area (Å²) in [5.41, 5.74) is 1.54. The predicted molar refractivity (Wildman–Crippen MR) is 279 cm³/mol. The number of hydrogen-bond donors (Lipinski definition) is 3. The van der Waals surface area contributed by atoms with E-state index in [0.717, 1.165) is 37.3 Å². The monoisotopic (exact) mass is 1270 g/mol. The summed E-state index contributed by atoms with van der Waals surface area (Å²) in [5.74, 6) is -0.995. The van der Waals surface area contributed by atoms with Crippen molar-refractivity contribution in [3.8, 4) is 22.5 Å². The number of anilines is 1. The van der Waals surface area contributed by atoms with Gasteiger partial charge < -0.3 is 24.2 Å². The van der Waals surface area contributed by atoms with E-state index in [2.05, 4.69) is 69.7 Å². The number of thiazole rings is 2. The Balaban J connectivity index is 0.000000270. The SMILES string of the molecule is CC.CC.Cn1c(=O)c2c(ncn2CC(=O)N=c2scc(-c3ccccc3)n2COP(=O)(O)O)n(C)c1=O.Cn1c(=O)c2c(ncn2CC(=O)Nc2nc(-c3ccccc3)cs2)n(C)c1=O.[I][V][I]. The van der Waals surface area contributed by atoms with Gasteiger partial charge in [-0.3, -0.25) is 46.5 Å². The molecule has 22 nitrogen and oxygen atoms in total. The molecule has 3 N–H and O–H groups in total. The van der Waals surface area contributed by atoms with Crippen LogP contribution in [0.2, 0.25) is 0 Å². The molecule has 2 amide bonds. The average Bonchev–Trinajstić information content (AvgIpc) is 4.17. The maximum atomic E-state index is 12.8. The van der Waals surface area contributed by atoms with Crippen LogP contribution in [0, 0.1) is 0 Å². The van der Waals surface area contributed by atoms with E-state index in [-0.39, 0.29) is 46.1 Å². The van der Waals surface area contributed by atoms with Gasteiger partial charge in [-0.2, -0.15) is 4.99 Å². The Hall–Kier alpha value is -4.91. The van der Waals surface area contributed by atoms with Crippen LogP contribution in [0.1, 0.15) is 27.7 Å². The molecule has 6 aromatic heterocycles. The van der Waals surface area contributed by atoms with Crippen LogP contribution >= 0.6 is 70.5 Å². The molecule has 6 heterocycles. The first-order chi connectivity index (χ1) is 32.9. The van der Waals surface area contributed by atoms with Gasteiger partial charge >= 0.3 is 68.6 Å². The third-order valence-electron chi connectivity index (χ3n) is 9.32. The molecule has 0 unspecified atom stereocenters. The van der Waals surface area contributed by atoms with Crippen LogP contribution in [0.4, 0.5) is 5.13 Å². The second kappa shape index (κ2) is 26.3. The summed E-state index contributed by atoms with van der Waals surface area (Å²) < 4.78 is 24.4. The van der Waals surface area contributed by atoms with Crippen molar-refractivity contribution in [1.29, 1.82) is 0 Å². The van der Waals surface area contributed by atoms with E-state index in [9.17, 15) is 33.3 Å². The van der Waals surface area contributed by atoms with Crippen LogP contribution in [0.25, 0.3) is 44.8 Å². The van der Waals surface area contributed by atoms with E-state index >= 15 is 0 Å². The first-order valence-corrected chi connectivity index (χ1v) is 32.7. The summed E-state index contributed by atoms with van der Waals surface area (Å²) in [4.78, 5) is 109. The van der Waals surface area contributed by atoms with Gasteiger partial charge in [0.15, 0.2) is 32.3 Å². The Labute approximate surface area is 430 Å². The molecule has 0 bridgehead atoms. The molecule has 8 rings (SSSR count). The Morgan fingerprint density at radius 1 is 0.739 bits per heavy atom. The van der Waals surface area contributed by atoms with Crippen molar-refractivity contribution in [3.63, 3.8) is 0 Å². The Morgan fingerprint density at radius 3 is 1.71 bits per heavy atom. The molecule has 0 aliphatic rings. The number of carbonyl (C=O) groups excluding carboxylic acids is 2. The Kier molecular flexibility index (Phi) is 21.6. The molecule has 0 saturated carbocycles. The van der Waals surface area contributed by atoms with Crippen molar-refractivity contribution >= 4 is 110 Å². The number of carbonyl (C=O) groups is 2. The van der Waals surface area contributed by atoms with Crippen LogP contribution < -0.4 is 32.6 Å². The van der Waals surface area contributed by atoms with Gasteiger partial charge in [-0.15, -0.1) is 22.7 Å². The third kappa shape index (κ3) is 14.1. The van der Waals surface area contributed by atoms with Crippen LogP contribution in [0.15, 0.2) is 108 Å². The molecule has 0 radical (unpaired) electrons. The molecule has 0 spiro atoms. The Bertz CT molecular complexity index is 3410. The van der Waals surface area contributed by atoms with E-state index in [4.69, 9.17) is 9.79 Å². The number of nitrogens with one attached hydrogen (secondary N) is 1. The van der Waals surface area contributed by atoms with E-state index in [1.807, 2.05) is 69.5 Å².